The summed E-state index contributed by atoms with van der Waals surface area (Å²) in [5, 5.41) is 0. The molecule has 0 aromatic heterocycles. The van der Waals surface area contributed by atoms with Crippen LogP contribution in [0.15, 0.2) is 0 Å². The summed E-state index contributed by atoms with van der Waals surface area (Å²) in [5.74, 6) is 0.816. The number of esters is 2. The summed E-state index contributed by atoms with van der Waals surface area (Å²) in [6.07, 6.45) is 2.57. The highest BCUT2D eigenvalue weighted by atomic mass is 32.2. The predicted molar refractivity (Wildman–Crippen MR) is 57.6 cm³/mol. The first-order valence-corrected chi connectivity index (χ1v) is 5.99. The number of carbonyl (C=O) groups excluding carboxylic acids is 2. The molecule has 1 rings (SSSR count). The molecule has 0 radical (unpaired) electrons. The van der Waals surface area contributed by atoms with Gasteiger partial charge < -0.3 is 9.47 Å². The Morgan fingerprint density at radius 2 is 1.80 bits per heavy atom. The molecule has 0 unspecified atom stereocenters. The van der Waals surface area contributed by atoms with Gasteiger partial charge in [0.25, 0.3) is 0 Å². The minimum atomic E-state index is -0.214. The molecule has 0 N–H and O–H groups in total. The van der Waals surface area contributed by atoms with Crippen LogP contribution in [-0.2, 0) is 19.1 Å². The van der Waals surface area contributed by atoms with Gasteiger partial charge in [-0.2, -0.15) is 0 Å². The molecule has 0 atom stereocenters. The third-order valence-corrected chi connectivity index (χ3v) is 3.82. The van der Waals surface area contributed by atoms with Gasteiger partial charge in [-0.1, -0.05) is 0 Å². The molecular formula is C10H16O4S. The molecule has 4 nitrogen and oxygen atoms in total. The molecule has 0 heterocycles. The maximum atomic E-state index is 11.1. The van der Waals surface area contributed by atoms with Crippen molar-refractivity contribution in [1.82, 2.24) is 0 Å². The van der Waals surface area contributed by atoms with Crippen molar-refractivity contribution in [3.8, 4) is 0 Å². The average molecular weight is 232 g/mol. The summed E-state index contributed by atoms with van der Waals surface area (Å²) in [6.45, 7) is 0. The van der Waals surface area contributed by atoms with Gasteiger partial charge in [0.15, 0.2) is 0 Å². The van der Waals surface area contributed by atoms with E-state index in [0.29, 0.717) is 12.2 Å². The summed E-state index contributed by atoms with van der Waals surface area (Å²) in [5.41, 5.74) is 0.0891. The standard InChI is InChI=1S/C10H16O4S/c1-13-8(11)5-10(3-4-10)7-15-6-9(12)14-2/h3-7H2,1-2H3. The van der Waals surface area contributed by atoms with Gasteiger partial charge in [0.1, 0.15) is 0 Å². The number of thioether (sulfide) groups is 1. The van der Waals surface area contributed by atoms with Gasteiger partial charge in [-0.05, 0) is 18.3 Å². The van der Waals surface area contributed by atoms with E-state index in [1.807, 2.05) is 0 Å². The van der Waals surface area contributed by atoms with E-state index in [2.05, 4.69) is 9.47 Å². The van der Waals surface area contributed by atoms with Crippen molar-refractivity contribution in [2.75, 3.05) is 25.7 Å². The Morgan fingerprint density at radius 1 is 1.20 bits per heavy atom. The Kier molecular flexibility index (Phi) is 4.45. The molecule has 0 spiro atoms. The highest BCUT2D eigenvalue weighted by Gasteiger charge is 2.44. The van der Waals surface area contributed by atoms with E-state index < -0.39 is 0 Å². The molecule has 0 bridgehead atoms. The maximum absolute atomic E-state index is 11.1. The van der Waals surface area contributed by atoms with Gasteiger partial charge in [0.05, 0.1) is 26.4 Å². The molecule has 0 saturated heterocycles. The quantitative estimate of drug-likeness (QED) is 0.645. The van der Waals surface area contributed by atoms with Crippen molar-refractivity contribution < 1.29 is 19.1 Å². The van der Waals surface area contributed by atoms with Gasteiger partial charge in [0.2, 0.25) is 0 Å². The molecule has 1 fully saturated rings. The topological polar surface area (TPSA) is 52.6 Å². The average Bonchev–Trinajstić information content (AvgIpc) is 2.97. The van der Waals surface area contributed by atoms with Gasteiger partial charge in [-0.3, -0.25) is 9.59 Å². The summed E-state index contributed by atoms with van der Waals surface area (Å²) in [4.78, 5) is 22.0. The van der Waals surface area contributed by atoms with Gasteiger partial charge >= 0.3 is 11.9 Å². The highest BCUT2D eigenvalue weighted by molar-refractivity contribution is 7.99. The number of carbonyl (C=O) groups is 2. The fourth-order valence-electron chi connectivity index (χ4n) is 1.34. The SMILES string of the molecule is COC(=O)CSCC1(CC(=O)OC)CC1. The van der Waals surface area contributed by atoms with E-state index in [1.165, 1.54) is 26.0 Å². The second-order valence-electron chi connectivity index (χ2n) is 3.82. The zero-order valence-electron chi connectivity index (χ0n) is 9.08. The molecule has 15 heavy (non-hydrogen) atoms. The zero-order chi connectivity index (χ0) is 11.3. The molecule has 0 amide bonds. The first-order chi connectivity index (χ1) is 7.12. The molecule has 5 heteroatoms. The lowest BCUT2D eigenvalue weighted by Gasteiger charge is -2.12. The van der Waals surface area contributed by atoms with Crippen molar-refractivity contribution in [3.63, 3.8) is 0 Å². The Balaban J connectivity index is 2.20. The number of rotatable bonds is 6. The van der Waals surface area contributed by atoms with Crippen LogP contribution in [0.2, 0.25) is 0 Å². The predicted octanol–water partition coefficient (Wildman–Crippen LogP) is 1.24. The van der Waals surface area contributed by atoms with Crippen molar-refractivity contribution in [2.24, 2.45) is 5.41 Å². The lowest BCUT2D eigenvalue weighted by molar-refractivity contribution is -0.141. The van der Waals surface area contributed by atoms with E-state index in [0.717, 1.165) is 18.6 Å². The van der Waals surface area contributed by atoms with E-state index >= 15 is 0 Å². The molecule has 1 saturated carbocycles. The van der Waals surface area contributed by atoms with Gasteiger partial charge in [-0.25, -0.2) is 0 Å². The van der Waals surface area contributed by atoms with Crippen LogP contribution >= 0.6 is 11.8 Å². The molecule has 1 aliphatic carbocycles. The summed E-state index contributed by atoms with van der Waals surface area (Å²) >= 11 is 1.53. The molecule has 0 aromatic carbocycles. The van der Waals surface area contributed by atoms with E-state index in [9.17, 15) is 9.59 Å². The Labute approximate surface area is 93.7 Å². The van der Waals surface area contributed by atoms with E-state index in [4.69, 9.17) is 0 Å². The van der Waals surface area contributed by atoms with Crippen molar-refractivity contribution in [2.45, 2.75) is 19.3 Å². The van der Waals surface area contributed by atoms with Gasteiger partial charge in [-0.15, -0.1) is 11.8 Å². The van der Waals surface area contributed by atoms with E-state index in [-0.39, 0.29) is 17.4 Å². The zero-order valence-corrected chi connectivity index (χ0v) is 9.89. The fourth-order valence-corrected chi connectivity index (χ4v) is 2.55. The summed E-state index contributed by atoms with van der Waals surface area (Å²) < 4.78 is 9.17. The third kappa shape index (κ3) is 4.11. The first kappa shape index (κ1) is 12.4. The summed E-state index contributed by atoms with van der Waals surface area (Å²) in [6, 6.07) is 0. The summed E-state index contributed by atoms with van der Waals surface area (Å²) in [7, 11) is 2.78. The van der Waals surface area contributed by atoms with Crippen LogP contribution < -0.4 is 0 Å². The van der Waals surface area contributed by atoms with Crippen LogP contribution in [0.5, 0.6) is 0 Å². The molecule has 86 valence electrons. The Hall–Kier alpha value is -0.710. The normalized spacial score (nSPS) is 16.9. The number of hydrogen-bond donors (Lipinski definition) is 0. The fraction of sp³-hybridized carbons (Fsp3) is 0.800. The first-order valence-electron chi connectivity index (χ1n) is 4.83. The second kappa shape index (κ2) is 5.39. The molecule has 1 aliphatic rings. The number of hydrogen-bond acceptors (Lipinski definition) is 5. The van der Waals surface area contributed by atoms with Crippen molar-refractivity contribution in [3.05, 3.63) is 0 Å². The van der Waals surface area contributed by atoms with Crippen LogP contribution in [-0.4, -0.2) is 37.7 Å². The van der Waals surface area contributed by atoms with Crippen LogP contribution in [0, 0.1) is 5.41 Å². The van der Waals surface area contributed by atoms with Gasteiger partial charge in [0, 0.05) is 5.75 Å². The second-order valence-corrected chi connectivity index (χ2v) is 4.81. The Morgan fingerprint density at radius 3 is 2.27 bits per heavy atom. The number of methoxy groups -OCH3 is 2. The monoisotopic (exact) mass is 232 g/mol. The lowest BCUT2D eigenvalue weighted by atomic mass is 10.1. The van der Waals surface area contributed by atoms with Crippen LogP contribution in [0.3, 0.4) is 0 Å². The largest absolute Gasteiger partial charge is 0.469 e. The van der Waals surface area contributed by atoms with E-state index in [1.54, 1.807) is 0 Å². The lowest BCUT2D eigenvalue weighted by Crippen LogP contribution is -2.14. The number of ether oxygens (including phenoxy) is 2. The molecule has 0 aromatic rings. The van der Waals surface area contributed by atoms with Crippen molar-refractivity contribution in [1.29, 1.82) is 0 Å². The van der Waals surface area contributed by atoms with Crippen molar-refractivity contribution >= 4 is 23.7 Å². The highest BCUT2D eigenvalue weighted by Crippen LogP contribution is 2.51. The van der Waals surface area contributed by atoms with Crippen LogP contribution in [0.1, 0.15) is 19.3 Å². The van der Waals surface area contributed by atoms with Crippen LogP contribution in [0.25, 0.3) is 0 Å². The minimum Gasteiger partial charge on any atom is -0.469 e. The molecule has 0 aliphatic heterocycles. The smallest absolute Gasteiger partial charge is 0.315 e. The van der Waals surface area contributed by atoms with Crippen LogP contribution in [0.4, 0.5) is 0 Å². The maximum Gasteiger partial charge on any atom is 0.315 e. The minimum absolute atomic E-state index is 0.0891. The third-order valence-electron chi connectivity index (χ3n) is 2.56. The Bertz CT molecular complexity index is 248. The molecular weight excluding hydrogens is 216 g/mol.